The summed E-state index contributed by atoms with van der Waals surface area (Å²) in [6.07, 6.45) is 2.09. The number of hydrogen-bond acceptors (Lipinski definition) is 4. The van der Waals surface area contributed by atoms with Gasteiger partial charge < -0.3 is 10.2 Å². The van der Waals surface area contributed by atoms with Gasteiger partial charge in [0.1, 0.15) is 12.6 Å². The molecule has 1 unspecified atom stereocenters. The summed E-state index contributed by atoms with van der Waals surface area (Å²) in [4.78, 5) is 28.0. The number of nitrogens with one attached hydrogen (secondary N) is 1. The third-order valence-electron chi connectivity index (χ3n) is 5.46. The third-order valence-corrected chi connectivity index (χ3v) is 7.73. The smallest absolute Gasteiger partial charge is 0.244 e. The number of halogens is 3. The summed E-state index contributed by atoms with van der Waals surface area (Å²) in [5.74, 6) is -0.855. The Kier molecular flexibility index (Phi) is 10.7. The van der Waals surface area contributed by atoms with Crippen LogP contribution in [-0.2, 0) is 26.2 Å². The van der Waals surface area contributed by atoms with Crippen molar-refractivity contribution in [1.29, 1.82) is 0 Å². The van der Waals surface area contributed by atoms with E-state index in [2.05, 4.69) is 5.32 Å². The Bertz CT molecular complexity index is 1170. The molecule has 2 aromatic carbocycles. The van der Waals surface area contributed by atoms with Crippen LogP contribution in [0.3, 0.4) is 0 Å². The Balaban J connectivity index is 2.49. The second-order valence-electron chi connectivity index (χ2n) is 8.14. The van der Waals surface area contributed by atoms with Gasteiger partial charge in [0.15, 0.2) is 0 Å². The molecule has 1 atom stereocenters. The Hall–Kier alpha value is -2.00. The number of rotatable bonds is 11. The molecule has 0 saturated carbocycles. The van der Waals surface area contributed by atoms with Crippen molar-refractivity contribution in [2.24, 2.45) is 0 Å². The van der Waals surface area contributed by atoms with E-state index in [1.807, 2.05) is 6.92 Å². The van der Waals surface area contributed by atoms with Crippen LogP contribution in [0.1, 0.15) is 37.8 Å². The first-order chi connectivity index (χ1) is 16.4. The molecular formula is C24H30Cl3N3O4S. The van der Waals surface area contributed by atoms with E-state index in [9.17, 15) is 18.0 Å². The molecule has 0 fully saturated rings. The number of hydrogen-bond donors (Lipinski definition) is 1. The first-order valence-electron chi connectivity index (χ1n) is 11.1. The van der Waals surface area contributed by atoms with Crippen molar-refractivity contribution in [2.75, 3.05) is 23.7 Å². The molecule has 35 heavy (non-hydrogen) atoms. The molecule has 2 rings (SSSR count). The summed E-state index contributed by atoms with van der Waals surface area (Å²) in [6.45, 7) is 5.40. The summed E-state index contributed by atoms with van der Waals surface area (Å²) in [6, 6.07) is 8.97. The second kappa shape index (κ2) is 12.8. The second-order valence-corrected chi connectivity index (χ2v) is 11.3. The highest BCUT2D eigenvalue weighted by atomic mass is 35.5. The van der Waals surface area contributed by atoms with Crippen LogP contribution in [0.5, 0.6) is 0 Å². The number of nitrogens with zero attached hydrogens (tertiary/aromatic N) is 2. The Morgan fingerprint density at radius 2 is 1.71 bits per heavy atom. The highest BCUT2D eigenvalue weighted by Gasteiger charge is 2.32. The number of sulfonamides is 1. The Labute approximate surface area is 222 Å². The van der Waals surface area contributed by atoms with Gasteiger partial charge in [0, 0.05) is 18.1 Å². The van der Waals surface area contributed by atoms with Crippen molar-refractivity contribution in [3.8, 4) is 0 Å². The lowest BCUT2D eigenvalue weighted by Crippen LogP contribution is -2.52. The molecule has 11 heteroatoms. The number of amides is 2. The molecule has 7 nitrogen and oxygen atoms in total. The van der Waals surface area contributed by atoms with Crippen molar-refractivity contribution >= 4 is 62.3 Å². The van der Waals surface area contributed by atoms with Gasteiger partial charge >= 0.3 is 0 Å². The monoisotopic (exact) mass is 561 g/mol. The Morgan fingerprint density at radius 3 is 2.29 bits per heavy atom. The minimum absolute atomic E-state index is 0.0416. The van der Waals surface area contributed by atoms with Crippen LogP contribution in [0.4, 0.5) is 5.69 Å². The fourth-order valence-electron chi connectivity index (χ4n) is 3.58. The van der Waals surface area contributed by atoms with Gasteiger partial charge in [-0.25, -0.2) is 8.42 Å². The lowest BCUT2D eigenvalue weighted by Gasteiger charge is -2.33. The minimum atomic E-state index is -3.85. The third kappa shape index (κ3) is 7.74. The van der Waals surface area contributed by atoms with Gasteiger partial charge in [-0.2, -0.15) is 0 Å². The summed E-state index contributed by atoms with van der Waals surface area (Å²) in [7, 11) is -3.85. The zero-order valence-electron chi connectivity index (χ0n) is 20.1. The van der Waals surface area contributed by atoms with Crippen molar-refractivity contribution < 1.29 is 18.0 Å². The van der Waals surface area contributed by atoms with Crippen LogP contribution < -0.4 is 9.62 Å². The number of carbonyl (C=O) groups excluding carboxylic acids is 2. The maximum Gasteiger partial charge on any atom is 0.244 e. The maximum atomic E-state index is 13.7. The molecule has 0 bridgehead atoms. The lowest BCUT2D eigenvalue weighted by atomic mass is 10.1. The van der Waals surface area contributed by atoms with Crippen molar-refractivity contribution in [2.45, 2.75) is 46.2 Å². The van der Waals surface area contributed by atoms with Crippen LogP contribution in [0.15, 0.2) is 36.4 Å². The van der Waals surface area contributed by atoms with Crippen LogP contribution in [-0.4, -0.2) is 50.5 Å². The quantitative estimate of drug-likeness (QED) is 0.415. The first kappa shape index (κ1) is 29.2. The molecule has 0 aromatic heterocycles. The molecule has 0 radical (unpaired) electrons. The predicted molar refractivity (Wildman–Crippen MR) is 143 cm³/mol. The van der Waals surface area contributed by atoms with Gasteiger partial charge in [0.05, 0.1) is 22.0 Å². The topological polar surface area (TPSA) is 86.8 Å². The lowest BCUT2D eigenvalue weighted by molar-refractivity contribution is -0.140. The van der Waals surface area contributed by atoms with Gasteiger partial charge in [-0.3, -0.25) is 13.9 Å². The zero-order valence-corrected chi connectivity index (χ0v) is 23.2. The SMILES string of the molecule is CCCNC(=O)C(CC)N(Cc1ccc(Cl)c(Cl)c1)C(=O)CN(c1cccc(Cl)c1C)S(C)(=O)=O. The van der Waals surface area contributed by atoms with Gasteiger partial charge in [0.2, 0.25) is 21.8 Å². The highest BCUT2D eigenvalue weighted by Crippen LogP contribution is 2.29. The highest BCUT2D eigenvalue weighted by molar-refractivity contribution is 7.92. The van der Waals surface area contributed by atoms with Gasteiger partial charge in [0.25, 0.3) is 0 Å². The van der Waals surface area contributed by atoms with E-state index >= 15 is 0 Å². The molecule has 0 aliphatic carbocycles. The maximum absolute atomic E-state index is 13.7. The molecule has 0 saturated heterocycles. The van der Waals surface area contributed by atoms with E-state index in [0.717, 1.165) is 17.0 Å². The molecule has 192 valence electrons. The predicted octanol–water partition coefficient (Wildman–Crippen LogP) is 5.05. The molecule has 0 aliphatic heterocycles. The van der Waals surface area contributed by atoms with E-state index < -0.39 is 28.5 Å². The minimum Gasteiger partial charge on any atom is -0.354 e. The van der Waals surface area contributed by atoms with E-state index in [-0.39, 0.29) is 12.5 Å². The number of anilines is 1. The largest absolute Gasteiger partial charge is 0.354 e. The average Bonchev–Trinajstić information content (AvgIpc) is 2.79. The first-order valence-corrected chi connectivity index (χ1v) is 14.1. The van der Waals surface area contributed by atoms with Gasteiger partial charge in [-0.1, -0.05) is 60.8 Å². The molecule has 0 aliphatic rings. The summed E-state index contributed by atoms with van der Waals surface area (Å²) >= 11 is 18.4. The number of benzene rings is 2. The molecule has 1 N–H and O–H groups in total. The zero-order chi connectivity index (χ0) is 26.3. The fraction of sp³-hybridized carbons (Fsp3) is 0.417. The fourth-order valence-corrected chi connectivity index (χ4v) is 4.97. The molecule has 0 spiro atoms. The van der Waals surface area contributed by atoms with Crippen LogP contribution >= 0.6 is 34.8 Å². The molecule has 2 amide bonds. The van der Waals surface area contributed by atoms with E-state index in [4.69, 9.17) is 34.8 Å². The van der Waals surface area contributed by atoms with Gasteiger partial charge in [-0.15, -0.1) is 0 Å². The molecule has 0 heterocycles. The normalized spacial score (nSPS) is 12.2. The number of carbonyl (C=O) groups is 2. The van der Waals surface area contributed by atoms with E-state index in [1.165, 1.54) is 4.90 Å². The Morgan fingerprint density at radius 1 is 1.03 bits per heavy atom. The van der Waals surface area contributed by atoms with Crippen LogP contribution in [0, 0.1) is 6.92 Å². The van der Waals surface area contributed by atoms with E-state index in [1.54, 1.807) is 50.2 Å². The summed E-state index contributed by atoms with van der Waals surface area (Å²) in [5.41, 5.74) is 1.47. The van der Waals surface area contributed by atoms with Crippen LogP contribution in [0.25, 0.3) is 0 Å². The summed E-state index contributed by atoms with van der Waals surface area (Å²) < 4.78 is 26.4. The van der Waals surface area contributed by atoms with Gasteiger partial charge in [-0.05, 0) is 55.2 Å². The van der Waals surface area contributed by atoms with Crippen molar-refractivity contribution in [3.63, 3.8) is 0 Å². The van der Waals surface area contributed by atoms with Crippen molar-refractivity contribution in [3.05, 3.63) is 62.6 Å². The molecule has 2 aromatic rings. The average molecular weight is 563 g/mol. The standard InChI is InChI=1S/C24H30Cl3N3O4S/c1-5-12-28-24(32)21(6-2)29(14-17-10-11-19(26)20(27)13-17)23(31)15-30(35(4,33)34)22-9-7-8-18(25)16(22)3/h7-11,13,21H,5-6,12,14-15H2,1-4H3,(H,28,32). The van der Waals surface area contributed by atoms with E-state index in [0.29, 0.717) is 44.8 Å². The summed E-state index contributed by atoms with van der Waals surface area (Å²) in [5, 5.41) is 3.88. The van der Waals surface area contributed by atoms with Crippen LogP contribution in [0.2, 0.25) is 15.1 Å². The van der Waals surface area contributed by atoms with Crippen molar-refractivity contribution in [1.82, 2.24) is 10.2 Å². The molecular weight excluding hydrogens is 533 g/mol.